The first kappa shape index (κ1) is 17.7. The lowest BCUT2D eigenvalue weighted by Gasteiger charge is -2.12. The maximum absolute atomic E-state index is 12.6. The fourth-order valence-electron chi connectivity index (χ4n) is 1.45. The second-order valence-electron chi connectivity index (χ2n) is 4.14. The van der Waals surface area contributed by atoms with E-state index in [2.05, 4.69) is 11.6 Å². The molecule has 0 saturated carbocycles. The molecule has 1 N–H and O–H groups in total. The first-order valence-electron chi connectivity index (χ1n) is 5.63. The number of aliphatic imine (C=N–C) groups is 1. The number of aliphatic carboxylic acids is 1. The number of benzene rings is 1. The fraction of sp³-hybridized carbons (Fsp3) is 0.231. The zero-order valence-electron chi connectivity index (χ0n) is 10.7. The Balaban J connectivity index is 3.33. The topological polar surface area (TPSA) is 49.7 Å². The number of hydrogen-bond acceptors (Lipinski definition) is 2. The number of carbonyl (C=O) groups is 1. The van der Waals surface area contributed by atoms with Crippen LogP contribution in [0.1, 0.15) is 16.7 Å². The Morgan fingerprint density at radius 3 is 1.86 bits per heavy atom. The summed E-state index contributed by atoms with van der Waals surface area (Å²) in [6, 6.07) is -0.607. The summed E-state index contributed by atoms with van der Waals surface area (Å²) in [7, 11) is 0. The monoisotopic (exact) mass is 325 g/mol. The zero-order chi connectivity index (χ0) is 17.1. The number of alkyl halides is 6. The first-order valence-corrected chi connectivity index (χ1v) is 5.63. The van der Waals surface area contributed by atoms with Gasteiger partial charge in [-0.05, 0) is 23.8 Å². The van der Waals surface area contributed by atoms with Crippen molar-refractivity contribution < 1.29 is 36.2 Å². The number of nitrogens with zero attached hydrogens (tertiary/aromatic N) is 1. The van der Waals surface area contributed by atoms with E-state index in [-0.39, 0.29) is 6.07 Å². The Kier molecular flexibility index (Phi) is 5.00. The third kappa shape index (κ3) is 4.61. The van der Waals surface area contributed by atoms with Crippen LogP contribution in [-0.4, -0.2) is 23.3 Å². The summed E-state index contributed by atoms with van der Waals surface area (Å²) in [6.45, 7) is 3.15. The molecule has 0 amide bonds. The van der Waals surface area contributed by atoms with Gasteiger partial charge in [-0.15, -0.1) is 6.58 Å². The Labute approximate surface area is 120 Å². The van der Waals surface area contributed by atoms with Gasteiger partial charge >= 0.3 is 18.3 Å². The number of carboxylic acid groups (broad SMARTS) is 1. The van der Waals surface area contributed by atoms with Crippen LogP contribution in [0, 0.1) is 0 Å². The van der Waals surface area contributed by atoms with Gasteiger partial charge < -0.3 is 5.11 Å². The lowest BCUT2D eigenvalue weighted by Crippen LogP contribution is -2.15. The molecule has 0 aliphatic carbocycles. The molecule has 0 radical (unpaired) electrons. The van der Waals surface area contributed by atoms with Crippen LogP contribution in [0.25, 0.3) is 0 Å². The quantitative estimate of drug-likeness (QED) is 0.520. The van der Waals surface area contributed by atoms with E-state index in [1.807, 2.05) is 0 Å². The van der Waals surface area contributed by atoms with E-state index in [4.69, 9.17) is 5.11 Å². The van der Waals surface area contributed by atoms with E-state index >= 15 is 0 Å². The molecule has 0 aromatic heterocycles. The van der Waals surface area contributed by atoms with Gasteiger partial charge in [-0.1, -0.05) is 6.08 Å². The van der Waals surface area contributed by atoms with Crippen LogP contribution in [-0.2, 0) is 17.1 Å². The molecule has 1 rings (SSSR count). The summed E-state index contributed by atoms with van der Waals surface area (Å²) in [6.07, 6.45) is -8.44. The lowest BCUT2D eigenvalue weighted by atomic mass is 10.1. The fourth-order valence-corrected chi connectivity index (χ4v) is 1.45. The van der Waals surface area contributed by atoms with Gasteiger partial charge in [-0.2, -0.15) is 26.3 Å². The zero-order valence-corrected chi connectivity index (χ0v) is 10.7. The van der Waals surface area contributed by atoms with Gasteiger partial charge in [0.25, 0.3) is 0 Å². The lowest BCUT2D eigenvalue weighted by molar-refractivity contribution is -0.143. The Morgan fingerprint density at radius 1 is 1.09 bits per heavy atom. The summed E-state index contributed by atoms with van der Waals surface area (Å²) in [5.74, 6) is -1.44. The molecule has 1 aromatic carbocycles. The van der Waals surface area contributed by atoms with Crippen LogP contribution < -0.4 is 0 Å². The standard InChI is InChI=1S/C13H9F6NO2/c1-2-10(11(21)22)20-6-7-3-8(12(14,15)16)5-9(4-7)13(17,18)19/h2-6,10H,1H2,(H,21,22)/t10-/m0/s1. The molecule has 0 spiro atoms. The normalized spacial score (nSPS) is 14.1. The number of rotatable bonds is 4. The van der Waals surface area contributed by atoms with Crippen LogP contribution in [0.4, 0.5) is 26.3 Å². The van der Waals surface area contributed by atoms with E-state index in [1.54, 1.807) is 0 Å². The maximum atomic E-state index is 12.6. The summed E-state index contributed by atoms with van der Waals surface area (Å²) < 4.78 is 75.6. The predicted octanol–water partition coefficient (Wildman–Crippen LogP) is 3.78. The minimum absolute atomic E-state index is 0.0283. The van der Waals surface area contributed by atoms with E-state index in [1.165, 1.54) is 0 Å². The van der Waals surface area contributed by atoms with Gasteiger partial charge in [0.2, 0.25) is 0 Å². The van der Waals surface area contributed by atoms with Crippen LogP contribution in [0.15, 0.2) is 35.8 Å². The van der Waals surface area contributed by atoms with Crippen molar-refractivity contribution in [3.05, 3.63) is 47.5 Å². The Hall–Kier alpha value is -2.32. The van der Waals surface area contributed by atoms with Gasteiger partial charge in [0.05, 0.1) is 11.1 Å². The van der Waals surface area contributed by atoms with Crippen molar-refractivity contribution in [1.29, 1.82) is 0 Å². The summed E-state index contributed by atoms with van der Waals surface area (Å²) in [4.78, 5) is 14.0. The van der Waals surface area contributed by atoms with Gasteiger partial charge in [-0.3, -0.25) is 4.99 Å². The van der Waals surface area contributed by atoms with Crippen molar-refractivity contribution in [3.8, 4) is 0 Å². The SMILES string of the molecule is C=C[C@H](N=Cc1cc(C(F)(F)F)cc(C(F)(F)F)c1)C(=O)O. The molecular weight excluding hydrogens is 316 g/mol. The van der Waals surface area contributed by atoms with E-state index < -0.39 is 41.1 Å². The van der Waals surface area contributed by atoms with E-state index in [0.717, 1.165) is 6.08 Å². The molecule has 1 aromatic rings. The predicted molar refractivity (Wildman–Crippen MR) is 65.7 cm³/mol. The third-order valence-electron chi connectivity index (χ3n) is 2.47. The second kappa shape index (κ2) is 6.20. The molecule has 0 saturated heterocycles. The highest BCUT2D eigenvalue weighted by Crippen LogP contribution is 2.36. The Morgan fingerprint density at radius 2 is 1.55 bits per heavy atom. The number of hydrogen-bond donors (Lipinski definition) is 1. The Bertz CT molecular complexity index is 571. The summed E-state index contributed by atoms with van der Waals surface area (Å²) in [5, 5.41) is 8.67. The highest BCUT2D eigenvalue weighted by molar-refractivity contribution is 5.84. The third-order valence-corrected chi connectivity index (χ3v) is 2.47. The van der Waals surface area contributed by atoms with Crippen molar-refractivity contribution in [2.45, 2.75) is 18.4 Å². The van der Waals surface area contributed by atoms with Gasteiger partial charge in [0.15, 0.2) is 6.04 Å². The van der Waals surface area contributed by atoms with Crippen LogP contribution >= 0.6 is 0 Å². The number of halogens is 6. The van der Waals surface area contributed by atoms with Crippen molar-refractivity contribution >= 4 is 12.2 Å². The van der Waals surface area contributed by atoms with Gasteiger partial charge in [-0.25, -0.2) is 4.79 Å². The molecule has 1 atom stereocenters. The molecule has 0 heterocycles. The van der Waals surface area contributed by atoms with Gasteiger partial charge in [0, 0.05) is 6.21 Å². The second-order valence-corrected chi connectivity index (χ2v) is 4.14. The van der Waals surface area contributed by atoms with Crippen molar-refractivity contribution in [2.24, 2.45) is 4.99 Å². The highest BCUT2D eigenvalue weighted by atomic mass is 19.4. The van der Waals surface area contributed by atoms with E-state index in [0.29, 0.717) is 18.3 Å². The highest BCUT2D eigenvalue weighted by Gasteiger charge is 2.36. The molecule has 3 nitrogen and oxygen atoms in total. The average molecular weight is 325 g/mol. The average Bonchev–Trinajstić information content (AvgIpc) is 2.36. The molecular formula is C13H9F6NO2. The van der Waals surface area contributed by atoms with Crippen molar-refractivity contribution in [2.75, 3.05) is 0 Å². The first-order chi connectivity index (χ1) is 9.95. The minimum Gasteiger partial charge on any atom is -0.479 e. The largest absolute Gasteiger partial charge is 0.479 e. The van der Waals surface area contributed by atoms with Gasteiger partial charge in [0.1, 0.15) is 0 Å². The minimum atomic E-state index is -4.98. The summed E-state index contributed by atoms with van der Waals surface area (Å²) in [5.41, 5.74) is -3.53. The molecule has 22 heavy (non-hydrogen) atoms. The molecule has 0 fully saturated rings. The molecule has 0 aliphatic rings. The molecule has 0 aliphatic heterocycles. The van der Waals surface area contributed by atoms with Crippen molar-refractivity contribution in [1.82, 2.24) is 0 Å². The maximum Gasteiger partial charge on any atom is 0.416 e. The summed E-state index contributed by atoms with van der Waals surface area (Å²) >= 11 is 0. The van der Waals surface area contributed by atoms with Crippen LogP contribution in [0.2, 0.25) is 0 Å². The smallest absolute Gasteiger partial charge is 0.416 e. The number of carboxylic acids is 1. The molecule has 120 valence electrons. The van der Waals surface area contributed by atoms with Crippen LogP contribution in [0.5, 0.6) is 0 Å². The molecule has 0 unspecified atom stereocenters. The van der Waals surface area contributed by atoms with Crippen LogP contribution in [0.3, 0.4) is 0 Å². The van der Waals surface area contributed by atoms with E-state index in [9.17, 15) is 31.1 Å². The van der Waals surface area contributed by atoms with Crippen molar-refractivity contribution in [3.63, 3.8) is 0 Å². The molecule has 9 heteroatoms. The molecule has 0 bridgehead atoms.